The summed E-state index contributed by atoms with van der Waals surface area (Å²) in [4.78, 5) is 3.62. The van der Waals surface area contributed by atoms with Crippen molar-refractivity contribution in [1.29, 1.82) is 0 Å². The Morgan fingerprint density at radius 3 is 2.45 bits per heavy atom. The van der Waals surface area contributed by atoms with Crippen molar-refractivity contribution < 1.29 is 23.0 Å². The maximum Gasteiger partial charge on any atom is 0.414 e. The zero-order valence-electron chi connectivity index (χ0n) is 9.99. The lowest BCUT2D eigenvalue weighted by Gasteiger charge is -2.06. The van der Waals surface area contributed by atoms with Gasteiger partial charge in [-0.1, -0.05) is 17.7 Å². The second-order valence-electron chi connectivity index (χ2n) is 3.94. The van der Waals surface area contributed by atoms with Crippen molar-refractivity contribution in [2.45, 2.75) is 12.6 Å². The third kappa shape index (κ3) is 3.54. The molecule has 0 aliphatic carbocycles. The number of nitrogens with zero attached hydrogens (tertiary/aromatic N) is 1. The first kappa shape index (κ1) is 14.5. The minimum atomic E-state index is -4.45. The van der Waals surface area contributed by atoms with E-state index < -0.39 is 11.7 Å². The number of phenolic OH excluding ortho intramolecular Hbond substituents is 1. The van der Waals surface area contributed by atoms with E-state index in [-0.39, 0.29) is 23.1 Å². The fraction of sp³-hybridized carbons (Fsp3) is 0.154. The molecule has 1 aliphatic heterocycles. The molecule has 0 saturated heterocycles. The molecule has 0 aromatic heterocycles. The molecule has 1 aromatic carbocycles. The molecule has 7 heteroatoms. The van der Waals surface area contributed by atoms with Gasteiger partial charge in [-0.2, -0.15) is 13.2 Å². The van der Waals surface area contributed by atoms with Crippen molar-refractivity contribution in [3.8, 4) is 11.5 Å². The zero-order valence-corrected chi connectivity index (χ0v) is 10.7. The number of ether oxygens (including phenoxy) is 1. The summed E-state index contributed by atoms with van der Waals surface area (Å²) in [5.74, 6) is 0.217. The molecule has 2 rings (SSSR count). The highest BCUT2D eigenvalue weighted by Crippen LogP contribution is 2.31. The van der Waals surface area contributed by atoms with Crippen LogP contribution in [0.4, 0.5) is 13.2 Å². The number of benzene rings is 1. The molecule has 0 spiro atoms. The molecule has 1 heterocycles. The van der Waals surface area contributed by atoms with Crippen molar-refractivity contribution >= 4 is 17.5 Å². The second-order valence-corrected chi connectivity index (χ2v) is 4.35. The molecule has 0 bridgehead atoms. The molecule has 0 fully saturated rings. The molecule has 20 heavy (non-hydrogen) atoms. The molecule has 0 radical (unpaired) electrons. The summed E-state index contributed by atoms with van der Waals surface area (Å²) in [5.41, 5.74) is -0.806. The van der Waals surface area contributed by atoms with E-state index >= 15 is 0 Å². The van der Waals surface area contributed by atoms with E-state index in [0.29, 0.717) is 11.9 Å². The molecule has 1 aromatic rings. The quantitative estimate of drug-likeness (QED) is 0.847. The van der Waals surface area contributed by atoms with Gasteiger partial charge in [0.25, 0.3) is 0 Å². The van der Waals surface area contributed by atoms with Gasteiger partial charge < -0.3 is 9.84 Å². The predicted molar refractivity (Wildman–Crippen MR) is 68.9 cm³/mol. The monoisotopic (exact) mass is 303 g/mol. The summed E-state index contributed by atoms with van der Waals surface area (Å²) in [6.07, 6.45) is -2.94. The van der Waals surface area contributed by atoms with Gasteiger partial charge in [-0.3, -0.25) is 0 Å². The summed E-state index contributed by atoms with van der Waals surface area (Å²) < 4.78 is 43.0. The van der Waals surface area contributed by atoms with Crippen LogP contribution in [0.2, 0.25) is 0 Å². The van der Waals surface area contributed by atoms with E-state index in [1.165, 1.54) is 30.3 Å². The number of rotatable bonds is 1. The van der Waals surface area contributed by atoms with Crippen molar-refractivity contribution in [2.75, 3.05) is 0 Å². The van der Waals surface area contributed by atoms with Crippen LogP contribution in [0.3, 0.4) is 0 Å². The number of allylic oxidation sites excluding steroid dienone is 2. The highest BCUT2D eigenvalue weighted by atomic mass is 35.5. The van der Waals surface area contributed by atoms with E-state index in [9.17, 15) is 13.2 Å². The average molecular weight is 304 g/mol. The molecule has 106 valence electrons. The summed E-state index contributed by atoms with van der Waals surface area (Å²) in [7, 11) is 0. The highest BCUT2D eigenvalue weighted by molar-refractivity contribution is 6.42. The molecule has 0 unspecified atom stereocenters. The first-order valence-electron chi connectivity index (χ1n) is 5.53. The third-order valence-corrected chi connectivity index (χ3v) is 2.77. The summed E-state index contributed by atoms with van der Waals surface area (Å²) >= 11 is 5.84. The number of hydrogen-bond acceptors (Lipinski definition) is 3. The van der Waals surface area contributed by atoms with E-state index in [2.05, 4.69) is 4.99 Å². The van der Waals surface area contributed by atoms with Crippen LogP contribution in [-0.4, -0.2) is 17.2 Å². The lowest BCUT2D eigenvalue weighted by Crippen LogP contribution is -2.10. The third-order valence-electron chi connectivity index (χ3n) is 2.46. The van der Waals surface area contributed by atoms with Gasteiger partial charge in [0, 0.05) is 6.20 Å². The van der Waals surface area contributed by atoms with E-state index in [0.717, 1.165) is 0 Å². The lowest BCUT2D eigenvalue weighted by atomic mass is 10.2. The maximum atomic E-state index is 12.6. The van der Waals surface area contributed by atoms with Crippen molar-refractivity contribution in [2.24, 2.45) is 4.99 Å². The first-order valence-corrected chi connectivity index (χ1v) is 5.91. The predicted octanol–water partition coefficient (Wildman–Crippen LogP) is 4.14. The minimum Gasteiger partial charge on any atom is -0.508 e. The molecule has 0 saturated carbocycles. The van der Waals surface area contributed by atoms with E-state index in [1.54, 1.807) is 0 Å². The largest absolute Gasteiger partial charge is 0.508 e. The molecule has 0 atom stereocenters. The minimum absolute atomic E-state index is 0.00595. The van der Waals surface area contributed by atoms with Gasteiger partial charge in [-0.15, -0.1) is 0 Å². The van der Waals surface area contributed by atoms with Gasteiger partial charge in [0.05, 0.1) is 10.6 Å². The Labute approximate surface area is 117 Å². The Kier molecular flexibility index (Phi) is 4.04. The number of halogens is 4. The fourth-order valence-electron chi connectivity index (χ4n) is 1.43. The van der Waals surface area contributed by atoms with E-state index in [1.807, 2.05) is 0 Å². The van der Waals surface area contributed by atoms with Gasteiger partial charge in [-0.25, -0.2) is 4.99 Å². The van der Waals surface area contributed by atoms with Crippen LogP contribution in [0.1, 0.15) is 6.42 Å². The number of aliphatic imine (C=N–C) groups is 1. The van der Waals surface area contributed by atoms with Crippen LogP contribution < -0.4 is 4.74 Å². The Bertz CT molecular complexity index is 589. The first-order chi connectivity index (χ1) is 9.36. The Morgan fingerprint density at radius 2 is 1.85 bits per heavy atom. The number of hydrogen-bond donors (Lipinski definition) is 1. The Morgan fingerprint density at radius 1 is 1.20 bits per heavy atom. The fourth-order valence-corrected chi connectivity index (χ4v) is 1.59. The topological polar surface area (TPSA) is 41.8 Å². The van der Waals surface area contributed by atoms with Crippen molar-refractivity contribution in [3.63, 3.8) is 0 Å². The maximum absolute atomic E-state index is 12.6. The van der Waals surface area contributed by atoms with Crippen molar-refractivity contribution in [3.05, 3.63) is 47.1 Å². The molecule has 1 aliphatic rings. The number of aromatic hydroxyl groups is 1. The van der Waals surface area contributed by atoms with Gasteiger partial charge >= 0.3 is 6.18 Å². The van der Waals surface area contributed by atoms with Crippen molar-refractivity contribution in [1.82, 2.24) is 0 Å². The standard InChI is InChI=1S/C13H9ClF3NO2/c14-11-6-1-8(13(15,16)17)7-18-12(11)20-10-4-2-9(19)3-5-10/h2-7,19H,1H2. The summed E-state index contributed by atoms with van der Waals surface area (Å²) in [5, 5.41) is 9.12. The second kappa shape index (κ2) is 5.58. The van der Waals surface area contributed by atoms with E-state index in [4.69, 9.17) is 21.4 Å². The van der Waals surface area contributed by atoms with Crippen LogP contribution >= 0.6 is 11.6 Å². The Balaban J connectivity index is 2.24. The number of alkyl halides is 3. The van der Waals surface area contributed by atoms with Crippen LogP contribution in [-0.2, 0) is 0 Å². The summed E-state index contributed by atoms with van der Waals surface area (Å²) in [6.45, 7) is 0. The Hall–Kier alpha value is -1.95. The smallest absolute Gasteiger partial charge is 0.414 e. The zero-order chi connectivity index (χ0) is 14.8. The van der Waals surface area contributed by atoms with Crippen LogP contribution in [0, 0.1) is 0 Å². The van der Waals surface area contributed by atoms with Crippen LogP contribution in [0.5, 0.6) is 11.5 Å². The van der Waals surface area contributed by atoms with Gasteiger partial charge in [0.15, 0.2) is 0 Å². The van der Waals surface area contributed by atoms with Gasteiger partial charge in [-0.05, 0) is 30.7 Å². The lowest BCUT2D eigenvalue weighted by molar-refractivity contribution is -0.0930. The van der Waals surface area contributed by atoms with Gasteiger partial charge in [0.1, 0.15) is 11.5 Å². The average Bonchev–Trinajstić information content (AvgIpc) is 2.55. The highest BCUT2D eigenvalue weighted by Gasteiger charge is 2.33. The molecule has 0 amide bonds. The molecule has 1 N–H and O–H groups in total. The van der Waals surface area contributed by atoms with Gasteiger partial charge in [0.2, 0.25) is 5.90 Å². The normalized spacial score (nSPS) is 15.9. The van der Waals surface area contributed by atoms with Crippen LogP contribution in [0.25, 0.3) is 0 Å². The summed E-state index contributed by atoms with van der Waals surface area (Å²) in [6, 6.07) is 5.64. The molecular weight excluding hydrogens is 295 g/mol. The SMILES string of the molecule is Oc1ccc(OC2=NC=C(C(F)(F)F)CC=C2Cl)cc1. The van der Waals surface area contributed by atoms with Crippen LogP contribution in [0.15, 0.2) is 52.1 Å². The molecule has 3 nitrogen and oxygen atoms in total. The molecular formula is C13H9ClF3NO2. The number of phenols is 1.